The number of aromatic nitrogens is 2. The maximum absolute atomic E-state index is 4.75. The summed E-state index contributed by atoms with van der Waals surface area (Å²) in [4.78, 5) is 14.4. The summed E-state index contributed by atoms with van der Waals surface area (Å²) in [5, 5.41) is 3.41. The molecule has 0 bridgehead atoms. The van der Waals surface area contributed by atoms with E-state index in [1.54, 1.807) is 0 Å². The Morgan fingerprint density at radius 3 is 2.95 bits per heavy atom. The van der Waals surface area contributed by atoms with Crippen molar-refractivity contribution in [3.63, 3.8) is 0 Å². The van der Waals surface area contributed by atoms with Gasteiger partial charge in [-0.1, -0.05) is 13.8 Å². The van der Waals surface area contributed by atoms with Crippen LogP contribution in [-0.2, 0) is 6.42 Å². The molecule has 1 aromatic heterocycles. The van der Waals surface area contributed by atoms with Gasteiger partial charge in [0.2, 0.25) is 0 Å². The van der Waals surface area contributed by atoms with Crippen LogP contribution < -0.4 is 10.2 Å². The van der Waals surface area contributed by atoms with Gasteiger partial charge in [-0.25, -0.2) is 9.97 Å². The Balaban J connectivity index is 1.76. The van der Waals surface area contributed by atoms with Gasteiger partial charge < -0.3 is 10.2 Å². The van der Waals surface area contributed by atoms with E-state index in [-0.39, 0.29) is 0 Å². The van der Waals surface area contributed by atoms with E-state index in [2.05, 4.69) is 40.0 Å². The summed E-state index contributed by atoms with van der Waals surface area (Å²) >= 11 is 0. The maximum atomic E-state index is 4.75. The summed E-state index contributed by atoms with van der Waals surface area (Å²) in [6.07, 6.45) is 4.69. The average molecular weight is 289 g/mol. The van der Waals surface area contributed by atoms with Crippen molar-refractivity contribution in [2.24, 2.45) is 0 Å². The number of piperazine rings is 1. The predicted molar refractivity (Wildman–Crippen MR) is 87.0 cm³/mol. The highest BCUT2D eigenvalue weighted by atomic mass is 15.3. The number of nitrogens with one attached hydrogen (secondary N) is 1. The molecule has 0 radical (unpaired) electrons. The lowest BCUT2D eigenvalue weighted by Gasteiger charge is -2.38. The van der Waals surface area contributed by atoms with Gasteiger partial charge in [0.25, 0.3) is 0 Å². The zero-order valence-electron chi connectivity index (χ0n) is 13.3. The Hall–Kier alpha value is -1.36. The summed E-state index contributed by atoms with van der Waals surface area (Å²) < 4.78 is 0. The number of hydrogen-bond acceptors (Lipinski definition) is 5. The SMILES string of the molecule is CCCNc1cc(N2CCN3CCCC3C2)nc(CC)n1. The molecule has 0 saturated carbocycles. The normalized spacial score (nSPS) is 22.4. The molecule has 1 unspecified atom stereocenters. The van der Waals surface area contributed by atoms with E-state index in [4.69, 9.17) is 4.98 Å². The molecule has 116 valence electrons. The number of aryl methyl sites for hydroxylation is 1. The van der Waals surface area contributed by atoms with Gasteiger partial charge in [-0.2, -0.15) is 0 Å². The fraction of sp³-hybridized carbons (Fsp3) is 0.750. The fourth-order valence-corrected chi connectivity index (χ4v) is 3.35. The number of hydrogen-bond donors (Lipinski definition) is 1. The van der Waals surface area contributed by atoms with Crippen molar-refractivity contribution in [2.45, 2.75) is 45.6 Å². The highest BCUT2D eigenvalue weighted by molar-refractivity contribution is 5.50. The Morgan fingerprint density at radius 2 is 2.14 bits per heavy atom. The van der Waals surface area contributed by atoms with E-state index >= 15 is 0 Å². The highest BCUT2D eigenvalue weighted by Crippen LogP contribution is 2.25. The van der Waals surface area contributed by atoms with Crippen molar-refractivity contribution < 1.29 is 0 Å². The van der Waals surface area contributed by atoms with Crippen LogP contribution in [0.2, 0.25) is 0 Å². The van der Waals surface area contributed by atoms with E-state index in [1.807, 2.05) is 0 Å². The first-order chi connectivity index (χ1) is 10.3. The molecule has 21 heavy (non-hydrogen) atoms. The van der Waals surface area contributed by atoms with Crippen LogP contribution in [0.1, 0.15) is 38.9 Å². The lowest BCUT2D eigenvalue weighted by molar-refractivity contribution is 0.230. The molecular formula is C16H27N5. The van der Waals surface area contributed by atoms with E-state index in [0.29, 0.717) is 0 Å². The summed E-state index contributed by atoms with van der Waals surface area (Å²) in [6, 6.07) is 2.85. The number of fused-ring (bicyclic) bond motifs is 1. The molecule has 0 aliphatic carbocycles. The molecule has 0 amide bonds. The van der Waals surface area contributed by atoms with E-state index < -0.39 is 0 Å². The summed E-state index contributed by atoms with van der Waals surface area (Å²) in [6.45, 7) is 9.93. The van der Waals surface area contributed by atoms with Crippen molar-refractivity contribution in [1.29, 1.82) is 0 Å². The van der Waals surface area contributed by atoms with E-state index in [1.165, 1.54) is 25.9 Å². The number of anilines is 2. The second kappa shape index (κ2) is 6.60. The Bertz CT molecular complexity index is 476. The molecule has 1 aromatic rings. The van der Waals surface area contributed by atoms with Gasteiger partial charge in [0, 0.05) is 44.7 Å². The van der Waals surface area contributed by atoms with Gasteiger partial charge in [-0.15, -0.1) is 0 Å². The third-order valence-corrected chi connectivity index (χ3v) is 4.54. The molecule has 0 spiro atoms. The third kappa shape index (κ3) is 3.28. The van der Waals surface area contributed by atoms with Gasteiger partial charge in [0.1, 0.15) is 17.5 Å². The second-order valence-electron chi connectivity index (χ2n) is 6.09. The maximum Gasteiger partial charge on any atom is 0.134 e. The van der Waals surface area contributed by atoms with Crippen LogP contribution in [0.4, 0.5) is 11.6 Å². The van der Waals surface area contributed by atoms with Crippen LogP contribution in [0.15, 0.2) is 6.07 Å². The van der Waals surface area contributed by atoms with E-state index in [0.717, 1.165) is 56.0 Å². The molecule has 2 fully saturated rings. The van der Waals surface area contributed by atoms with Crippen molar-refractivity contribution in [2.75, 3.05) is 42.9 Å². The molecule has 5 nitrogen and oxygen atoms in total. The quantitative estimate of drug-likeness (QED) is 0.900. The first kappa shape index (κ1) is 14.6. The van der Waals surface area contributed by atoms with Crippen LogP contribution in [-0.4, -0.2) is 53.6 Å². The molecule has 3 heterocycles. The van der Waals surface area contributed by atoms with Crippen molar-refractivity contribution >= 4 is 11.6 Å². The lowest BCUT2D eigenvalue weighted by Crippen LogP contribution is -2.50. The van der Waals surface area contributed by atoms with Gasteiger partial charge in [0.05, 0.1) is 0 Å². The summed E-state index contributed by atoms with van der Waals surface area (Å²) in [5.41, 5.74) is 0. The third-order valence-electron chi connectivity index (χ3n) is 4.54. The van der Waals surface area contributed by atoms with Gasteiger partial charge in [-0.3, -0.25) is 4.90 Å². The van der Waals surface area contributed by atoms with Crippen LogP contribution in [0, 0.1) is 0 Å². The van der Waals surface area contributed by atoms with Gasteiger partial charge in [0.15, 0.2) is 0 Å². The first-order valence-electron chi connectivity index (χ1n) is 8.41. The van der Waals surface area contributed by atoms with Crippen LogP contribution in [0.3, 0.4) is 0 Å². The zero-order chi connectivity index (χ0) is 14.7. The molecule has 2 saturated heterocycles. The fourth-order valence-electron chi connectivity index (χ4n) is 3.35. The number of nitrogens with zero attached hydrogens (tertiary/aromatic N) is 4. The zero-order valence-corrected chi connectivity index (χ0v) is 13.3. The summed E-state index contributed by atoms with van der Waals surface area (Å²) in [7, 11) is 0. The number of rotatable bonds is 5. The second-order valence-corrected chi connectivity index (χ2v) is 6.09. The smallest absolute Gasteiger partial charge is 0.134 e. The van der Waals surface area contributed by atoms with Crippen molar-refractivity contribution in [1.82, 2.24) is 14.9 Å². The predicted octanol–water partition coefficient (Wildman–Crippen LogP) is 2.15. The highest BCUT2D eigenvalue weighted by Gasteiger charge is 2.31. The van der Waals surface area contributed by atoms with Crippen molar-refractivity contribution in [3.8, 4) is 0 Å². The van der Waals surface area contributed by atoms with Crippen LogP contribution in [0.5, 0.6) is 0 Å². The standard InChI is InChI=1S/C16H27N5/c1-3-7-17-15-11-16(19-14(4-2)18-15)21-10-9-20-8-5-6-13(20)12-21/h11,13H,3-10,12H2,1-2H3,(H,17,18,19). The molecule has 2 aliphatic heterocycles. The molecule has 3 rings (SSSR count). The topological polar surface area (TPSA) is 44.3 Å². The Kier molecular flexibility index (Phi) is 4.58. The van der Waals surface area contributed by atoms with Gasteiger partial charge in [-0.05, 0) is 25.8 Å². The minimum atomic E-state index is 0.728. The molecular weight excluding hydrogens is 262 g/mol. The molecule has 1 N–H and O–H groups in total. The van der Waals surface area contributed by atoms with Crippen molar-refractivity contribution in [3.05, 3.63) is 11.9 Å². The van der Waals surface area contributed by atoms with E-state index in [9.17, 15) is 0 Å². The largest absolute Gasteiger partial charge is 0.370 e. The Labute approximate surface area is 127 Å². The van der Waals surface area contributed by atoms with Crippen LogP contribution in [0.25, 0.3) is 0 Å². The monoisotopic (exact) mass is 289 g/mol. The minimum absolute atomic E-state index is 0.728. The average Bonchev–Trinajstić information content (AvgIpc) is 3.00. The Morgan fingerprint density at radius 1 is 1.24 bits per heavy atom. The van der Waals surface area contributed by atoms with Gasteiger partial charge >= 0.3 is 0 Å². The molecule has 1 atom stereocenters. The summed E-state index contributed by atoms with van der Waals surface area (Å²) in [5.74, 6) is 3.03. The minimum Gasteiger partial charge on any atom is -0.370 e. The molecule has 2 aliphatic rings. The van der Waals surface area contributed by atoms with Crippen LogP contribution >= 0.6 is 0 Å². The lowest BCUT2D eigenvalue weighted by atomic mass is 10.1. The molecule has 0 aromatic carbocycles. The first-order valence-corrected chi connectivity index (χ1v) is 8.41. The molecule has 5 heteroatoms.